The number of morpholine rings is 1. The summed E-state index contributed by atoms with van der Waals surface area (Å²) in [5, 5.41) is 0. The summed E-state index contributed by atoms with van der Waals surface area (Å²) < 4.78 is 5.30. The first kappa shape index (κ1) is 12.0. The van der Waals surface area contributed by atoms with Crippen molar-refractivity contribution in [2.75, 3.05) is 39.4 Å². The summed E-state index contributed by atoms with van der Waals surface area (Å²) >= 11 is 0. The quantitative estimate of drug-likeness (QED) is 0.628. The normalized spacial score (nSPS) is 18.6. The summed E-state index contributed by atoms with van der Waals surface area (Å²) in [6, 6.07) is 0. The molecule has 1 aliphatic heterocycles. The maximum absolute atomic E-state index is 5.44. The Balaban J connectivity index is 1.82. The molecule has 0 radical (unpaired) electrons. The molecule has 0 saturated carbocycles. The number of unbranched alkanes of at least 4 members (excludes halogenated alkanes) is 4. The van der Waals surface area contributed by atoms with Gasteiger partial charge in [-0.05, 0) is 25.9 Å². The lowest BCUT2D eigenvalue weighted by atomic mass is 10.1. The zero-order chi connectivity index (χ0) is 10.1. The molecule has 1 aliphatic rings. The molecule has 3 heteroatoms. The Hall–Kier alpha value is -0.120. The molecule has 0 unspecified atom stereocenters. The van der Waals surface area contributed by atoms with Crippen molar-refractivity contribution in [2.24, 2.45) is 5.73 Å². The van der Waals surface area contributed by atoms with Gasteiger partial charge in [0.2, 0.25) is 0 Å². The van der Waals surface area contributed by atoms with E-state index in [-0.39, 0.29) is 0 Å². The molecular formula is C11H24N2O. The fourth-order valence-corrected chi connectivity index (χ4v) is 1.83. The molecule has 0 atom stereocenters. The van der Waals surface area contributed by atoms with Crippen LogP contribution in [-0.4, -0.2) is 44.3 Å². The van der Waals surface area contributed by atoms with Gasteiger partial charge in [0.25, 0.3) is 0 Å². The van der Waals surface area contributed by atoms with E-state index < -0.39 is 0 Å². The Labute approximate surface area is 87.6 Å². The molecule has 0 aliphatic carbocycles. The fourth-order valence-electron chi connectivity index (χ4n) is 1.83. The van der Waals surface area contributed by atoms with Crippen LogP contribution >= 0.6 is 0 Å². The van der Waals surface area contributed by atoms with Gasteiger partial charge in [-0.25, -0.2) is 0 Å². The maximum atomic E-state index is 5.44. The van der Waals surface area contributed by atoms with Crippen molar-refractivity contribution in [3.05, 3.63) is 0 Å². The average Bonchev–Trinajstić information content (AvgIpc) is 2.25. The van der Waals surface area contributed by atoms with E-state index in [2.05, 4.69) is 4.90 Å². The highest BCUT2D eigenvalue weighted by molar-refractivity contribution is 4.61. The molecule has 1 heterocycles. The van der Waals surface area contributed by atoms with Gasteiger partial charge in [0, 0.05) is 13.1 Å². The number of nitrogens with zero attached hydrogens (tertiary/aromatic N) is 1. The van der Waals surface area contributed by atoms with Crippen LogP contribution in [0.2, 0.25) is 0 Å². The third-order valence-corrected chi connectivity index (χ3v) is 2.78. The average molecular weight is 200 g/mol. The Morgan fingerprint density at radius 2 is 1.57 bits per heavy atom. The van der Waals surface area contributed by atoms with Gasteiger partial charge in [-0.1, -0.05) is 19.3 Å². The highest BCUT2D eigenvalue weighted by Crippen LogP contribution is 2.05. The molecule has 0 spiro atoms. The minimum atomic E-state index is 0.851. The van der Waals surface area contributed by atoms with Crippen LogP contribution in [0.3, 0.4) is 0 Å². The zero-order valence-electron chi connectivity index (χ0n) is 9.21. The van der Waals surface area contributed by atoms with Crippen molar-refractivity contribution < 1.29 is 4.74 Å². The van der Waals surface area contributed by atoms with Gasteiger partial charge in [-0.2, -0.15) is 0 Å². The predicted octanol–water partition coefficient (Wildman–Crippen LogP) is 1.23. The molecular weight excluding hydrogens is 176 g/mol. The van der Waals surface area contributed by atoms with E-state index in [9.17, 15) is 0 Å². The summed E-state index contributed by atoms with van der Waals surface area (Å²) in [6.07, 6.45) is 6.54. The Kier molecular flexibility index (Phi) is 7.01. The lowest BCUT2D eigenvalue weighted by Gasteiger charge is -2.26. The molecule has 1 rings (SSSR count). The number of rotatable bonds is 7. The number of ether oxygens (including phenoxy) is 1. The molecule has 2 N–H and O–H groups in total. The van der Waals surface area contributed by atoms with Crippen LogP contribution in [0.1, 0.15) is 32.1 Å². The van der Waals surface area contributed by atoms with E-state index in [0.717, 1.165) is 32.8 Å². The molecule has 0 aromatic carbocycles. The van der Waals surface area contributed by atoms with Gasteiger partial charge >= 0.3 is 0 Å². The summed E-state index contributed by atoms with van der Waals surface area (Å²) in [5.41, 5.74) is 5.44. The molecule has 0 aromatic rings. The van der Waals surface area contributed by atoms with Crippen molar-refractivity contribution in [1.82, 2.24) is 4.90 Å². The van der Waals surface area contributed by atoms with Crippen molar-refractivity contribution in [3.8, 4) is 0 Å². The first-order valence-electron chi connectivity index (χ1n) is 5.93. The summed E-state index contributed by atoms with van der Waals surface area (Å²) in [6.45, 7) is 6.21. The lowest BCUT2D eigenvalue weighted by molar-refractivity contribution is 0.0371. The molecule has 0 aromatic heterocycles. The molecule has 1 saturated heterocycles. The maximum Gasteiger partial charge on any atom is 0.0594 e. The minimum Gasteiger partial charge on any atom is -0.379 e. The summed E-state index contributed by atoms with van der Waals surface area (Å²) in [5.74, 6) is 0. The standard InChI is InChI=1S/C11H24N2O/c12-6-4-2-1-3-5-7-13-8-10-14-11-9-13/h1-12H2. The van der Waals surface area contributed by atoms with Gasteiger partial charge in [0.05, 0.1) is 13.2 Å². The molecule has 84 valence electrons. The monoisotopic (exact) mass is 200 g/mol. The highest BCUT2D eigenvalue weighted by Gasteiger charge is 2.08. The molecule has 14 heavy (non-hydrogen) atoms. The first-order chi connectivity index (χ1) is 6.93. The zero-order valence-corrected chi connectivity index (χ0v) is 9.21. The Morgan fingerprint density at radius 1 is 0.929 bits per heavy atom. The van der Waals surface area contributed by atoms with Gasteiger partial charge in [0.1, 0.15) is 0 Å². The van der Waals surface area contributed by atoms with Crippen molar-refractivity contribution in [3.63, 3.8) is 0 Å². The van der Waals surface area contributed by atoms with E-state index >= 15 is 0 Å². The van der Waals surface area contributed by atoms with Crippen LogP contribution in [0.5, 0.6) is 0 Å². The Morgan fingerprint density at radius 3 is 2.29 bits per heavy atom. The minimum absolute atomic E-state index is 0.851. The molecule has 0 amide bonds. The van der Waals surface area contributed by atoms with E-state index in [1.54, 1.807) is 0 Å². The second-order valence-corrected chi connectivity index (χ2v) is 4.01. The number of nitrogens with two attached hydrogens (primary N) is 1. The lowest BCUT2D eigenvalue weighted by Crippen LogP contribution is -2.36. The van der Waals surface area contributed by atoms with Crippen LogP contribution in [0.25, 0.3) is 0 Å². The summed E-state index contributed by atoms with van der Waals surface area (Å²) in [4.78, 5) is 2.51. The van der Waals surface area contributed by atoms with Crippen molar-refractivity contribution in [1.29, 1.82) is 0 Å². The van der Waals surface area contributed by atoms with Gasteiger partial charge < -0.3 is 10.5 Å². The van der Waals surface area contributed by atoms with Crippen molar-refractivity contribution >= 4 is 0 Å². The smallest absolute Gasteiger partial charge is 0.0594 e. The van der Waals surface area contributed by atoms with Crippen LogP contribution in [-0.2, 0) is 4.74 Å². The first-order valence-corrected chi connectivity index (χ1v) is 5.93. The molecule has 3 nitrogen and oxygen atoms in total. The largest absolute Gasteiger partial charge is 0.379 e. The summed E-state index contributed by atoms with van der Waals surface area (Å²) in [7, 11) is 0. The highest BCUT2D eigenvalue weighted by atomic mass is 16.5. The van der Waals surface area contributed by atoms with Crippen molar-refractivity contribution in [2.45, 2.75) is 32.1 Å². The third kappa shape index (κ3) is 5.58. The number of hydrogen-bond donors (Lipinski definition) is 1. The third-order valence-electron chi connectivity index (χ3n) is 2.78. The molecule has 0 bridgehead atoms. The van der Waals surface area contributed by atoms with Crippen LogP contribution in [0.15, 0.2) is 0 Å². The van der Waals surface area contributed by atoms with E-state index in [1.807, 2.05) is 0 Å². The topological polar surface area (TPSA) is 38.5 Å². The second kappa shape index (κ2) is 8.21. The van der Waals surface area contributed by atoms with E-state index in [1.165, 1.54) is 38.6 Å². The van der Waals surface area contributed by atoms with Crippen LogP contribution < -0.4 is 5.73 Å². The van der Waals surface area contributed by atoms with Gasteiger partial charge in [-0.15, -0.1) is 0 Å². The van der Waals surface area contributed by atoms with Crippen LogP contribution in [0.4, 0.5) is 0 Å². The predicted molar refractivity (Wildman–Crippen MR) is 59.4 cm³/mol. The fraction of sp³-hybridized carbons (Fsp3) is 1.00. The van der Waals surface area contributed by atoms with Crippen LogP contribution in [0, 0.1) is 0 Å². The van der Waals surface area contributed by atoms with E-state index in [4.69, 9.17) is 10.5 Å². The van der Waals surface area contributed by atoms with E-state index in [0.29, 0.717) is 0 Å². The SMILES string of the molecule is NCCCCCCCN1CCOCC1. The molecule has 1 fully saturated rings. The van der Waals surface area contributed by atoms with Gasteiger partial charge in [-0.3, -0.25) is 4.90 Å². The second-order valence-electron chi connectivity index (χ2n) is 4.01. The Bertz CT molecular complexity index is 124. The van der Waals surface area contributed by atoms with Gasteiger partial charge in [0.15, 0.2) is 0 Å². The number of hydrogen-bond acceptors (Lipinski definition) is 3.